The summed E-state index contributed by atoms with van der Waals surface area (Å²) in [4.78, 5) is 66.9. The van der Waals surface area contributed by atoms with Crippen molar-refractivity contribution in [2.75, 3.05) is 0 Å². The number of para-hydroxylation sites is 1. The Kier molecular flexibility index (Phi) is 11.1. The molecule has 240 valence electrons. The first-order chi connectivity index (χ1) is 22.0. The second-order valence-electron chi connectivity index (χ2n) is 10.9. The van der Waals surface area contributed by atoms with Crippen molar-refractivity contribution >= 4 is 40.6 Å². The van der Waals surface area contributed by atoms with E-state index in [2.05, 4.69) is 20.9 Å². The Morgan fingerprint density at radius 2 is 1.26 bits per heavy atom. The van der Waals surface area contributed by atoms with Crippen LogP contribution in [0.2, 0.25) is 0 Å². The molecule has 3 aromatic carbocycles. The van der Waals surface area contributed by atoms with Crippen LogP contribution < -0.4 is 21.7 Å². The van der Waals surface area contributed by atoms with E-state index in [1.54, 1.807) is 54.7 Å². The molecule has 9 N–H and O–H groups in total. The average molecular weight is 630 g/mol. The van der Waals surface area contributed by atoms with E-state index in [1.165, 1.54) is 12.1 Å². The van der Waals surface area contributed by atoms with Crippen LogP contribution in [0.25, 0.3) is 10.9 Å². The van der Waals surface area contributed by atoms with E-state index in [0.29, 0.717) is 16.7 Å². The highest BCUT2D eigenvalue weighted by Crippen LogP contribution is 2.20. The van der Waals surface area contributed by atoms with Gasteiger partial charge in [-0.25, -0.2) is 4.79 Å². The minimum atomic E-state index is -1.60. The summed E-state index contributed by atoms with van der Waals surface area (Å²) in [5, 5.41) is 37.0. The van der Waals surface area contributed by atoms with Crippen molar-refractivity contribution < 1.29 is 39.3 Å². The summed E-state index contributed by atoms with van der Waals surface area (Å²) >= 11 is 0. The largest absolute Gasteiger partial charge is 0.508 e. The Morgan fingerprint density at radius 1 is 0.674 bits per heavy atom. The van der Waals surface area contributed by atoms with Crippen molar-refractivity contribution in [3.05, 3.63) is 102 Å². The Hall–Kier alpha value is -5.69. The van der Waals surface area contributed by atoms with E-state index >= 15 is 0 Å². The molecule has 3 amide bonds. The molecule has 0 aliphatic rings. The molecule has 0 fully saturated rings. The molecule has 13 nitrogen and oxygen atoms in total. The number of nitrogens with one attached hydrogen (secondary N) is 4. The van der Waals surface area contributed by atoms with Gasteiger partial charge in [0.2, 0.25) is 17.7 Å². The van der Waals surface area contributed by atoms with Gasteiger partial charge in [-0.1, -0.05) is 60.7 Å². The molecule has 0 radical (unpaired) electrons. The third-order valence-electron chi connectivity index (χ3n) is 7.37. The lowest BCUT2D eigenvalue weighted by atomic mass is 10.0. The first kappa shape index (κ1) is 33.2. The third-order valence-corrected chi connectivity index (χ3v) is 7.37. The molecule has 0 spiro atoms. The fourth-order valence-electron chi connectivity index (χ4n) is 4.97. The number of carbonyl (C=O) groups is 5. The number of aliphatic carboxylic acids is 2. The average Bonchev–Trinajstić information content (AvgIpc) is 3.44. The molecule has 0 bridgehead atoms. The van der Waals surface area contributed by atoms with Crippen molar-refractivity contribution in [3.63, 3.8) is 0 Å². The lowest BCUT2D eigenvalue weighted by molar-refractivity contribution is -0.143. The lowest BCUT2D eigenvalue weighted by Gasteiger charge is -2.25. The summed E-state index contributed by atoms with van der Waals surface area (Å²) < 4.78 is 0. The third kappa shape index (κ3) is 9.16. The van der Waals surface area contributed by atoms with Gasteiger partial charge in [0.05, 0.1) is 12.5 Å². The number of fused-ring (bicyclic) bond motifs is 1. The number of nitrogens with two attached hydrogens (primary N) is 1. The van der Waals surface area contributed by atoms with Crippen LogP contribution in [0.15, 0.2) is 85.1 Å². The minimum absolute atomic E-state index is 0.0215. The fourth-order valence-corrected chi connectivity index (χ4v) is 4.97. The van der Waals surface area contributed by atoms with E-state index in [0.717, 1.165) is 10.9 Å². The normalized spacial score (nSPS) is 13.6. The van der Waals surface area contributed by atoms with Crippen molar-refractivity contribution in [3.8, 4) is 5.75 Å². The Labute approximate surface area is 263 Å². The zero-order chi connectivity index (χ0) is 33.2. The topological polar surface area (TPSA) is 224 Å². The second kappa shape index (κ2) is 15.3. The number of rotatable bonds is 15. The first-order valence-corrected chi connectivity index (χ1v) is 14.5. The van der Waals surface area contributed by atoms with Crippen LogP contribution in [0.5, 0.6) is 5.75 Å². The number of aromatic hydroxyl groups is 1. The lowest BCUT2D eigenvalue weighted by Crippen LogP contribution is -2.58. The van der Waals surface area contributed by atoms with E-state index in [4.69, 9.17) is 5.73 Å². The summed E-state index contributed by atoms with van der Waals surface area (Å²) in [6, 6.07) is 16.5. The van der Waals surface area contributed by atoms with Crippen LogP contribution in [0, 0.1) is 0 Å². The summed E-state index contributed by atoms with van der Waals surface area (Å²) in [6.45, 7) is 0. The van der Waals surface area contributed by atoms with Crippen molar-refractivity contribution in [1.82, 2.24) is 20.9 Å². The summed E-state index contributed by atoms with van der Waals surface area (Å²) in [7, 11) is 0. The van der Waals surface area contributed by atoms with Crippen molar-refractivity contribution in [1.29, 1.82) is 0 Å². The molecule has 4 unspecified atom stereocenters. The quantitative estimate of drug-likeness (QED) is 0.0946. The van der Waals surface area contributed by atoms with Gasteiger partial charge in [-0.3, -0.25) is 19.2 Å². The van der Waals surface area contributed by atoms with E-state index in [1.807, 2.05) is 18.2 Å². The zero-order valence-corrected chi connectivity index (χ0v) is 24.7. The maximum atomic E-state index is 13.6. The van der Waals surface area contributed by atoms with Crippen molar-refractivity contribution in [2.24, 2.45) is 5.73 Å². The molecule has 4 aromatic rings. The SMILES string of the molecule is NC(Cc1ccc(O)cc1)C(=O)NC(CC(=O)O)C(=O)NC(Cc1c[nH]c2ccccc12)C(=O)NC(Cc1ccccc1)C(=O)O. The number of phenolic OH excluding ortho intramolecular Hbond substituents is 1. The molecule has 0 saturated carbocycles. The first-order valence-electron chi connectivity index (χ1n) is 14.5. The van der Waals surface area contributed by atoms with Gasteiger partial charge in [0.25, 0.3) is 0 Å². The van der Waals surface area contributed by atoms with Crippen LogP contribution >= 0.6 is 0 Å². The number of phenols is 1. The standard InChI is InChI=1S/C33H35N5O8/c34-24(14-20-10-12-22(39)13-11-20)30(42)36-27(17-29(40)41)32(44)37-26(16-21-18-35-25-9-5-4-8-23(21)25)31(43)38-28(33(45)46)15-19-6-2-1-3-7-19/h1-13,18,24,26-28,35,39H,14-17,34H2,(H,36,42)(H,37,44)(H,38,43)(H,40,41)(H,45,46). The van der Waals surface area contributed by atoms with Crippen molar-refractivity contribution in [2.45, 2.75) is 49.9 Å². The number of carboxylic acids is 2. The Bertz CT molecular complexity index is 1690. The molecular formula is C33H35N5O8. The monoisotopic (exact) mass is 629 g/mol. The maximum absolute atomic E-state index is 13.6. The molecule has 13 heteroatoms. The second-order valence-corrected chi connectivity index (χ2v) is 10.9. The summed E-state index contributed by atoms with van der Waals surface area (Å²) in [6.07, 6.45) is 0.794. The number of amides is 3. The van der Waals surface area contributed by atoms with Gasteiger partial charge < -0.3 is 42.0 Å². The van der Waals surface area contributed by atoms with E-state index < -0.39 is 60.2 Å². The van der Waals surface area contributed by atoms with Crippen LogP contribution in [0.4, 0.5) is 0 Å². The van der Waals surface area contributed by atoms with Gasteiger partial charge >= 0.3 is 11.9 Å². The molecule has 0 aliphatic carbocycles. The van der Waals surface area contributed by atoms with Crippen LogP contribution in [0.3, 0.4) is 0 Å². The molecular weight excluding hydrogens is 594 g/mol. The molecule has 1 heterocycles. The number of benzene rings is 3. The fraction of sp³-hybridized carbons (Fsp3) is 0.242. The van der Waals surface area contributed by atoms with Gasteiger partial charge in [-0.15, -0.1) is 0 Å². The molecule has 4 rings (SSSR count). The summed E-state index contributed by atoms with van der Waals surface area (Å²) in [5.41, 5.74) is 8.73. The van der Waals surface area contributed by atoms with Gasteiger partial charge in [-0.2, -0.15) is 0 Å². The van der Waals surface area contributed by atoms with E-state index in [9.17, 15) is 39.3 Å². The van der Waals surface area contributed by atoms with Crippen LogP contribution in [-0.4, -0.2) is 74.1 Å². The number of aromatic amines is 1. The predicted octanol–water partition coefficient (Wildman–Crippen LogP) is 1.24. The van der Waals surface area contributed by atoms with Gasteiger partial charge in [-0.05, 0) is 41.3 Å². The Morgan fingerprint density at radius 3 is 1.93 bits per heavy atom. The minimum Gasteiger partial charge on any atom is -0.508 e. The van der Waals surface area contributed by atoms with Crippen LogP contribution in [-0.2, 0) is 43.2 Å². The highest BCUT2D eigenvalue weighted by molar-refractivity contribution is 5.96. The smallest absolute Gasteiger partial charge is 0.326 e. The molecule has 46 heavy (non-hydrogen) atoms. The molecule has 0 aliphatic heterocycles. The number of H-pyrrole nitrogens is 1. The number of hydrogen-bond acceptors (Lipinski definition) is 7. The van der Waals surface area contributed by atoms with Gasteiger partial charge in [0.1, 0.15) is 23.9 Å². The number of carbonyl (C=O) groups excluding carboxylic acids is 3. The molecule has 1 aromatic heterocycles. The zero-order valence-electron chi connectivity index (χ0n) is 24.7. The number of aromatic nitrogens is 1. The number of carboxylic acid groups (broad SMARTS) is 2. The van der Waals surface area contributed by atoms with Gasteiger partial charge in [0.15, 0.2) is 0 Å². The van der Waals surface area contributed by atoms with Crippen LogP contribution in [0.1, 0.15) is 23.1 Å². The maximum Gasteiger partial charge on any atom is 0.326 e. The highest BCUT2D eigenvalue weighted by atomic mass is 16.4. The molecule has 4 atom stereocenters. The summed E-state index contributed by atoms with van der Waals surface area (Å²) in [5.74, 6) is -5.23. The predicted molar refractivity (Wildman–Crippen MR) is 168 cm³/mol. The number of hydrogen-bond donors (Lipinski definition) is 8. The van der Waals surface area contributed by atoms with Gasteiger partial charge in [0, 0.05) is 29.9 Å². The highest BCUT2D eigenvalue weighted by Gasteiger charge is 2.32. The molecule has 0 saturated heterocycles. The Balaban J connectivity index is 1.54. The van der Waals surface area contributed by atoms with E-state index in [-0.39, 0.29) is 25.0 Å².